The van der Waals surface area contributed by atoms with Gasteiger partial charge >= 0.3 is 0 Å². The Hall–Kier alpha value is -1.85. The number of nitrogens with zero attached hydrogens (tertiary/aromatic N) is 2. The highest BCUT2D eigenvalue weighted by molar-refractivity contribution is 5.92. The van der Waals surface area contributed by atoms with Crippen LogP contribution >= 0.6 is 0 Å². The molecule has 1 amide bonds. The zero-order valence-corrected chi connectivity index (χ0v) is 15.1. The molecule has 0 saturated carbocycles. The van der Waals surface area contributed by atoms with Crippen molar-refractivity contribution in [3.8, 4) is 5.75 Å². The molecule has 1 unspecified atom stereocenters. The van der Waals surface area contributed by atoms with Crippen LogP contribution in [0.2, 0.25) is 0 Å². The summed E-state index contributed by atoms with van der Waals surface area (Å²) in [5, 5.41) is 2.97. The van der Waals surface area contributed by atoms with E-state index in [9.17, 15) is 4.79 Å². The quantitative estimate of drug-likeness (QED) is 0.807. The molecule has 3 rings (SSSR count). The Kier molecular flexibility index (Phi) is 6.48. The molecule has 0 spiro atoms. The molecule has 5 heteroatoms. The van der Waals surface area contributed by atoms with Gasteiger partial charge in [-0.05, 0) is 50.5 Å². The van der Waals surface area contributed by atoms with Gasteiger partial charge in [0.15, 0.2) is 0 Å². The number of anilines is 1. The zero-order chi connectivity index (χ0) is 17.5. The summed E-state index contributed by atoms with van der Waals surface area (Å²) in [6, 6.07) is 8.14. The fraction of sp³-hybridized carbons (Fsp3) is 0.550. The van der Waals surface area contributed by atoms with Crippen molar-refractivity contribution in [3.63, 3.8) is 0 Å². The van der Waals surface area contributed by atoms with Gasteiger partial charge < -0.3 is 10.1 Å². The largest absolute Gasteiger partial charge is 0.494 e. The lowest BCUT2D eigenvalue weighted by molar-refractivity contribution is -0.117. The third-order valence-electron chi connectivity index (χ3n) is 4.92. The molecule has 0 bridgehead atoms. The minimum absolute atomic E-state index is 0.0511. The molecule has 1 fully saturated rings. The molecule has 1 atom stereocenters. The Bertz CT molecular complexity index is 577. The van der Waals surface area contributed by atoms with Gasteiger partial charge in [-0.2, -0.15) is 0 Å². The number of allylic oxidation sites excluding steroid dienone is 1. The van der Waals surface area contributed by atoms with Crippen LogP contribution in [-0.4, -0.2) is 61.1 Å². The Morgan fingerprint density at radius 3 is 2.60 bits per heavy atom. The van der Waals surface area contributed by atoms with Crippen molar-refractivity contribution in [2.45, 2.75) is 32.2 Å². The van der Waals surface area contributed by atoms with Gasteiger partial charge in [0.05, 0.1) is 13.2 Å². The van der Waals surface area contributed by atoms with Crippen LogP contribution < -0.4 is 10.1 Å². The smallest absolute Gasteiger partial charge is 0.238 e. The van der Waals surface area contributed by atoms with Crippen molar-refractivity contribution < 1.29 is 9.53 Å². The lowest BCUT2D eigenvalue weighted by atomic mass is 10.0. The molecule has 25 heavy (non-hydrogen) atoms. The Balaban J connectivity index is 1.41. The minimum atomic E-state index is 0.0511. The second-order valence-corrected chi connectivity index (χ2v) is 6.74. The van der Waals surface area contributed by atoms with Gasteiger partial charge in [0.2, 0.25) is 5.91 Å². The highest BCUT2D eigenvalue weighted by Gasteiger charge is 2.23. The van der Waals surface area contributed by atoms with Crippen LogP contribution in [0.25, 0.3) is 0 Å². The van der Waals surface area contributed by atoms with Gasteiger partial charge in [-0.15, -0.1) is 0 Å². The normalized spacial score (nSPS) is 21.9. The van der Waals surface area contributed by atoms with Gasteiger partial charge in [0, 0.05) is 37.9 Å². The fourth-order valence-corrected chi connectivity index (χ4v) is 3.56. The number of ether oxygens (including phenoxy) is 1. The summed E-state index contributed by atoms with van der Waals surface area (Å²) >= 11 is 0. The average molecular weight is 343 g/mol. The third-order valence-corrected chi connectivity index (χ3v) is 4.92. The van der Waals surface area contributed by atoms with Crippen LogP contribution in [0.3, 0.4) is 0 Å². The van der Waals surface area contributed by atoms with Crippen molar-refractivity contribution in [3.05, 3.63) is 36.4 Å². The van der Waals surface area contributed by atoms with E-state index in [1.165, 1.54) is 19.3 Å². The molecular weight excluding hydrogens is 314 g/mol. The summed E-state index contributed by atoms with van der Waals surface area (Å²) in [4.78, 5) is 17.1. The summed E-state index contributed by atoms with van der Waals surface area (Å²) in [6.07, 6.45) is 8.46. The zero-order valence-electron chi connectivity index (χ0n) is 15.1. The number of carbonyl (C=O) groups excluding carboxylic acids is 1. The number of hydrogen-bond donors (Lipinski definition) is 1. The number of hydrogen-bond acceptors (Lipinski definition) is 4. The Morgan fingerprint density at radius 1 is 1.20 bits per heavy atom. The number of carbonyl (C=O) groups is 1. The van der Waals surface area contributed by atoms with Crippen molar-refractivity contribution in [2.24, 2.45) is 0 Å². The van der Waals surface area contributed by atoms with Crippen molar-refractivity contribution in [2.75, 3.05) is 44.6 Å². The highest BCUT2D eigenvalue weighted by Crippen LogP contribution is 2.18. The van der Waals surface area contributed by atoms with Crippen LogP contribution in [0.5, 0.6) is 5.75 Å². The first-order valence-electron chi connectivity index (χ1n) is 9.40. The van der Waals surface area contributed by atoms with Crippen LogP contribution in [0.4, 0.5) is 5.69 Å². The van der Waals surface area contributed by atoms with Gasteiger partial charge in [-0.3, -0.25) is 14.6 Å². The standard InChI is InChI=1S/C20H29N3O2/c1-2-25-19-10-8-17(9-11-19)21-20(24)16-22-12-14-23(15-13-22)18-6-4-3-5-7-18/h4,6,8-11,18H,2-3,5,7,12-16H2,1H3,(H,21,24). The minimum Gasteiger partial charge on any atom is -0.494 e. The van der Waals surface area contributed by atoms with Crippen LogP contribution in [-0.2, 0) is 4.79 Å². The van der Waals surface area contributed by atoms with E-state index in [4.69, 9.17) is 4.74 Å². The first kappa shape index (κ1) is 18.0. The van der Waals surface area contributed by atoms with E-state index < -0.39 is 0 Å². The second kappa shape index (κ2) is 9.02. The van der Waals surface area contributed by atoms with Gasteiger partial charge in [-0.25, -0.2) is 0 Å². The summed E-state index contributed by atoms with van der Waals surface area (Å²) in [5.74, 6) is 0.878. The van der Waals surface area contributed by atoms with Crippen molar-refractivity contribution >= 4 is 11.6 Å². The van der Waals surface area contributed by atoms with E-state index in [1.807, 2.05) is 31.2 Å². The van der Waals surface area contributed by atoms with Crippen molar-refractivity contribution in [1.29, 1.82) is 0 Å². The first-order valence-corrected chi connectivity index (χ1v) is 9.40. The molecule has 0 radical (unpaired) electrons. The van der Waals surface area contributed by atoms with Crippen LogP contribution in [0.1, 0.15) is 26.2 Å². The van der Waals surface area contributed by atoms with E-state index in [0.717, 1.165) is 37.6 Å². The molecule has 1 aromatic carbocycles. The van der Waals surface area contributed by atoms with E-state index in [0.29, 0.717) is 19.2 Å². The van der Waals surface area contributed by atoms with E-state index in [2.05, 4.69) is 27.3 Å². The third kappa shape index (κ3) is 5.31. The number of rotatable bonds is 6. The van der Waals surface area contributed by atoms with Crippen LogP contribution in [0, 0.1) is 0 Å². The number of benzene rings is 1. The number of nitrogens with one attached hydrogen (secondary N) is 1. The topological polar surface area (TPSA) is 44.8 Å². The summed E-state index contributed by atoms with van der Waals surface area (Å²) in [6.45, 7) is 7.08. The molecular formula is C20H29N3O2. The average Bonchev–Trinajstić information content (AvgIpc) is 2.65. The van der Waals surface area contributed by atoms with E-state index in [-0.39, 0.29) is 5.91 Å². The molecule has 2 aliphatic rings. The molecule has 1 aromatic rings. The van der Waals surface area contributed by atoms with Crippen LogP contribution in [0.15, 0.2) is 36.4 Å². The fourth-order valence-electron chi connectivity index (χ4n) is 3.56. The molecule has 5 nitrogen and oxygen atoms in total. The SMILES string of the molecule is CCOc1ccc(NC(=O)CN2CCN(C3C=CCCC3)CC2)cc1. The van der Waals surface area contributed by atoms with Gasteiger partial charge in [0.25, 0.3) is 0 Å². The molecule has 1 heterocycles. The molecule has 1 N–H and O–H groups in total. The molecule has 136 valence electrons. The maximum absolute atomic E-state index is 12.3. The maximum atomic E-state index is 12.3. The maximum Gasteiger partial charge on any atom is 0.238 e. The highest BCUT2D eigenvalue weighted by atomic mass is 16.5. The molecule has 1 aliphatic heterocycles. The summed E-state index contributed by atoms with van der Waals surface area (Å²) < 4.78 is 5.42. The first-order chi connectivity index (χ1) is 12.2. The second-order valence-electron chi connectivity index (χ2n) is 6.74. The predicted molar refractivity (Wildman–Crippen MR) is 101 cm³/mol. The van der Waals surface area contributed by atoms with Crippen molar-refractivity contribution in [1.82, 2.24) is 9.80 Å². The molecule has 0 aromatic heterocycles. The van der Waals surface area contributed by atoms with Gasteiger partial charge in [-0.1, -0.05) is 12.2 Å². The summed E-state index contributed by atoms with van der Waals surface area (Å²) in [5.41, 5.74) is 0.819. The summed E-state index contributed by atoms with van der Waals surface area (Å²) in [7, 11) is 0. The Labute approximate surface area is 150 Å². The number of piperazine rings is 1. The van der Waals surface area contributed by atoms with E-state index >= 15 is 0 Å². The lowest BCUT2D eigenvalue weighted by Gasteiger charge is -2.38. The Morgan fingerprint density at radius 2 is 1.96 bits per heavy atom. The monoisotopic (exact) mass is 343 g/mol. The van der Waals surface area contributed by atoms with E-state index in [1.54, 1.807) is 0 Å². The van der Waals surface area contributed by atoms with Gasteiger partial charge in [0.1, 0.15) is 5.75 Å². The molecule has 1 aliphatic carbocycles. The number of amides is 1. The predicted octanol–water partition coefficient (Wildman–Crippen LogP) is 2.75. The lowest BCUT2D eigenvalue weighted by Crippen LogP contribution is -2.51. The molecule has 1 saturated heterocycles.